The van der Waals surface area contributed by atoms with Crippen molar-refractivity contribution >= 4 is 5.97 Å². The fourth-order valence-electron chi connectivity index (χ4n) is 1.45. The molecule has 0 fully saturated rings. The molecule has 0 aromatic heterocycles. The van der Waals surface area contributed by atoms with Crippen LogP contribution in [-0.4, -0.2) is 19.1 Å². The predicted octanol–water partition coefficient (Wildman–Crippen LogP) is 2.34. The summed E-state index contributed by atoms with van der Waals surface area (Å²) < 4.78 is 4.93. The van der Waals surface area contributed by atoms with Crippen LogP contribution >= 0.6 is 0 Å². The fourth-order valence-corrected chi connectivity index (χ4v) is 1.45. The highest BCUT2D eigenvalue weighted by Gasteiger charge is 2.05. The molecule has 0 aromatic rings. The SMILES string of the molecule is CC(C)CCCC(C)CCOC(=O)CN. The number of carbonyl (C=O) groups is 1. The molecule has 15 heavy (non-hydrogen) atoms. The lowest BCUT2D eigenvalue weighted by atomic mass is 9.98. The maximum Gasteiger partial charge on any atom is 0.319 e. The van der Waals surface area contributed by atoms with E-state index in [1.165, 1.54) is 19.3 Å². The Hall–Kier alpha value is -0.570. The van der Waals surface area contributed by atoms with Crippen molar-refractivity contribution in [1.29, 1.82) is 0 Å². The topological polar surface area (TPSA) is 52.3 Å². The van der Waals surface area contributed by atoms with E-state index in [1.807, 2.05) is 0 Å². The second-order valence-electron chi connectivity index (χ2n) is 4.64. The smallest absolute Gasteiger partial charge is 0.319 e. The summed E-state index contributed by atoms with van der Waals surface area (Å²) in [6.45, 7) is 7.19. The molecule has 0 aromatic carbocycles. The van der Waals surface area contributed by atoms with Gasteiger partial charge >= 0.3 is 5.97 Å². The molecule has 0 saturated heterocycles. The van der Waals surface area contributed by atoms with Crippen LogP contribution in [0.15, 0.2) is 0 Å². The van der Waals surface area contributed by atoms with Crippen molar-refractivity contribution in [3.8, 4) is 0 Å². The van der Waals surface area contributed by atoms with Crippen molar-refractivity contribution in [1.82, 2.24) is 0 Å². The highest BCUT2D eigenvalue weighted by Crippen LogP contribution is 2.14. The Morgan fingerprint density at radius 1 is 1.20 bits per heavy atom. The summed E-state index contributed by atoms with van der Waals surface area (Å²) in [5.74, 6) is 1.12. The summed E-state index contributed by atoms with van der Waals surface area (Å²) in [6.07, 6.45) is 4.72. The summed E-state index contributed by atoms with van der Waals surface area (Å²) in [5.41, 5.74) is 5.13. The number of carbonyl (C=O) groups excluding carboxylic acids is 1. The molecule has 1 unspecified atom stereocenters. The number of ether oxygens (including phenoxy) is 1. The minimum Gasteiger partial charge on any atom is -0.465 e. The Morgan fingerprint density at radius 2 is 1.87 bits per heavy atom. The monoisotopic (exact) mass is 215 g/mol. The van der Waals surface area contributed by atoms with Crippen molar-refractivity contribution in [2.45, 2.75) is 46.5 Å². The van der Waals surface area contributed by atoms with Gasteiger partial charge in [-0.1, -0.05) is 40.0 Å². The molecule has 3 nitrogen and oxygen atoms in total. The summed E-state index contributed by atoms with van der Waals surface area (Å²) in [5, 5.41) is 0. The zero-order valence-corrected chi connectivity index (χ0v) is 10.3. The molecule has 0 aliphatic heterocycles. The van der Waals surface area contributed by atoms with E-state index in [2.05, 4.69) is 20.8 Å². The molecule has 3 heteroatoms. The number of nitrogens with two attached hydrogens (primary N) is 1. The van der Waals surface area contributed by atoms with Crippen LogP contribution in [0.25, 0.3) is 0 Å². The van der Waals surface area contributed by atoms with Crippen LogP contribution < -0.4 is 5.73 Å². The van der Waals surface area contributed by atoms with Crippen molar-refractivity contribution < 1.29 is 9.53 Å². The molecule has 0 aliphatic carbocycles. The van der Waals surface area contributed by atoms with Crippen LogP contribution in [0.3, 0.4) is 0 Å². The average Bonchev–Trinajstić information content (AvgIpc) is 2.17. The van der Waals surface area contributed by atoms with Crippen molar-refractivity contribution in [2.24, 2.45) is 17.6 Å². The van der Waals surface area contributed by atoms with E-state index in [4.69, 9.17) is 10.5 Å². The zero-order valence-electron chi connectivity index (χ0n) is 10.3. The Morgan fingerprint density at radius 3 is 2.40 bits per heavy atom. The Kier molecular flexibility index (Phi) is 8.38. The highest BCUT2D eigenvalue weighted by atomic mass is 16.5. The lowest BCUT2D eigenvalue weighted by molar-refractivity contribution is -0.142. The Bertz CT molecular complexity index is 169. The van der Waals surface area contributed by atoms with Gasteiger partial charge < -0.3 is 10.5 Å². The normalized spacial score (nSPS) is 12.9. The molecule has 0 bridgehead atoms. The van der Waals surface area contributed by atoms with E-state index in [0.717, 1.165) is 12.3 Å². The van der Waals surface area contributed by atoms with Gasteiger partial charge in [-0.15, -0.1) is 0 Å². The van der Waals surface area contributed by atoms with Gasteiger partial charge in [-0.3, -0.25) is 4.79 Å². The van der Waals surface area contributed by atoms with E-state index in [1.54, 1.807) is 0 Å². The molecule has 0 heterocycles. The first-order valence-corrected chi connectivity index (χ1v) is 5.92. The quantitative estimate of drug-likeness (QED) is 0.632. The van der Waals surface area contributed by atoms with Crippen molar-refractivity contribution in [2.75, 3.05) is 13.2 Å². The van der Waals surface area contributed by atoms with Gasteiger partial charge in [0.2, 0.25) is 0 Å². The van der Waals surface area contributed by atoms with Gasteiger partial charge in [-0.25, -0.2) is 0 Å². The van der Waals surface area contributed by atoms with Crippen LogP contribution in [0.2, 0.25) is 0 Å². The molecule has 0 rings (SSSR count). The van der Waals surface area contributed by atoms with Crippen molar-refractivity contribution in [3.05, 3.63) is 0 Å². The largest absolute Gasteiger partial charge is 0.465 e. The van der Waals surface area contributed by atoms with E-state index in [0.29, 0.717) is 12.5 Å². The Labute approximate surface area is 93.4 Å². The minimum absolute atomic E-state index is 0.0122. The number of hydrogen-bond acceptors (Lipinski definition) is 3. The van der Waals surface area contributed by atoms with Crippen molar-refractivity contribution in [3.63, 3.8) is 0 Å². The minimum atomic E-state index is -0.301. The first kappa shape index (κ1) is 14.4. The van der Waals surface area contributed by atoms with Gasteiger partial charge in [0, 0.05) is 0 Å². The van der Waals surface area contributed by atoms with Gasteiger partial charge in [0.25, 0.3) is 0 Å². The van der Waals surface area contributed by atoms with Gasteiger partial charge in [-0.05, 0) is 18.3 Å². The van der Waals surface area contributed by atoms with Gasteiger partial charge in [0.05, 0.1) is 13.2 Å². The average molecular weight is 215 g/mol. The predicted molar refractivity (Wildman–Crippen MR) is 62.5 cm³/mol. The molecule has 0 radical (unpaired) electrons. The second-order valence-corrected chi connectivity index (χ2v) is 4.64. The number of esters is 1. The van der Waals surface area contributed by atoms with Crippen LogP contribution in [0.1, 0.15) is 46.5 Å². The molecule has 1 atom stereocenters. The van der Waals surface area contributed by atoms with Crippen LogP contribution in [0, 0.1) is 11.8 Å². The van der Waals surface area contributed by atoms with Gasteiger partial charge in [0.1, 0.15) is 0 Å². The first-order chi connectivity index (χ1) is 7.06. The molecule has 2 N–H and O–H groups in total. The summed E-state index contributed by atoms with van der Waals surface area (Å²) in [6, 6.07) is 0. The van der Waals surface area contributed by atoms with Crippen LogP contribution in [0.5, 0.6) is 0 Å². The fraction of sp³-hybridized carbons (Fsp3) is 0.917. The third-order valence-electron chi connectivity index (χ3n) is 2.52. The van der Waals surface area contributed by atoms with Crippen LogP contribution in [-0.2, 0) is 9.53 Å². The molecular weight excluding hydrogens is 190 g/mol. The molecular formula is C12H25NO2. The third-order valence-corrected chi connectivity index (χ3v) is 2.52. The van der Waals surface area contributed by atoms with E-state index < -0.39 is 0 Å². The lowest BCUT2D eigenvalue weighted by Gasteiger charge is -2.12. The van der Waals surface area contributed by atoms with Gasteiger partial charge in [0.15, 0.2) is 0 Å². The molecule has 0 amide bonds. The standard InChI is InChI=1S/C12H25NO2/c1-10(2)5-4-6-11(3)7-8-15-12(14)9-13/h10-11H,4-9,13H2,1-3H3. The first-order valence-electron chi connectivity index (χ1n) is 5.92. The summed E-state index contributed by atoms with van der Waals surface area (Å²) in [4.78, 5) is 10.7. The third kappa shape index (κ3) is 9.73. The highest BCUT2D eigenvalue weighted by molar-refractivity contribution is 5.71. The maximum atomic E-state index is 10.7. The second kappa shape index (κ2) is 8.72. The maximum absolute atomic E-state index is 10.7. The molecule has 0 aliphatic rings. The molecule has 0 spiro atoms. The Balaban J connectivity index is 3.33. The van der Waals surface area contributed by atoms with E-state index in [9.17, 15) is 4.79 Å². The zero-order chi connectivity index (χ0) is 11.7. The number of hydrogen-bond donors (Lipinski definition) is 1. The van der Waals surface area contributed by atoms with Gasteiger partial charge in [-0.2, -0.15) is 0 Å². The molecule has 0 saturated carbocycles. The summed E-state index contributed by atoms with van der Waals surface area (Å²) >= 11 is 0. The summed E-state index contributed by atoms with van der Waals surface area (Å²) in [7, 11) is 0. The van der Waals surface area contributed by atoms with E-state index >= 15 is 0 Å². The number of rotatable bonds is 8. The van der Waals surface area contributed by atoms with Crippen LogP contribution in [0.4, 0.5) is 0 Å². The molecule has 90 valence electrons. The van der Waals surface area contributed by atoms with E-state index in [-0.39, 0.29) is 12.5 Å². The lowest BCUT2D eigenvalue weighted by Crippen LogP contribution is -2.18.